The molecule has 0 aromatic heterocycles. The van der Waals surface area contributed by atoms with E-state index in [0.717, 1.165) is 45.3 Å². The SMILES string of the molecule is OCCN(CC1CCCN1)CC1(O)CCCCC1. The van der Waals surface area contributed by atoms with E-state index in [1.165, 1.54) is 19.3 Å². The van der Waals surface area contributed by atoms with E-state index in [0.29, 0.717) is 12.6 Å². The zero-order valence-electron chi connectivity index (χ0n) is 11.4. The average molecular weight is 256 g/mol. The second-order valence-corrected chi connectivity index (χ2v) is 6.04. The summed E-state index contributed by atoms with van der Waals surface area (Å²) in [5.41, 5.74) is -0.508. The van der Waals surface area contributed by atoms with Crippen LogP contribution in [-0.2, 0) is 0 Å². The summed E-state index contributed by atoms with van der Waals surface area (Å²) in [5, 5.41) is 23.3. The van der Waals surface area contributed by atoms with Gasteiger partial charge in [-0.1, -0.05) is 19.3 Å². The van der Waals surface area contributed by atoms with Crippen molar-refractivity contribution in [3.05, 3.63) is 0 Å². The van der Waals surface area contributed by atoms with Crippen LogP contribution in [0.2, 0.25) is 0 Å². The molecule has 0 amide bonds. The summed E-state index contributed by atoms with van der Waals surface area (Å²) in [4.78, 5) is 2.24. The van der Waals surface area contributed by atoms with E-state index in [-0.39, 0.29) is 6.61 Å². The van der Waals surface area contributed by atoms with Crippen LogP contribution in [0.25, 0.3) is 0 Å². The molecule has 0 spiro atoms. The number of hydrogen-bond acceptors (Lipinski definition) is 4. The van der Waals surface area contributed by atoms with E-state index in [9.17, 15) is 10.2 Å². The molecule has 1 saturated carbocycles. The van der Waals surface area contributed by atoms with Gasteiger partial charge in [-0.3, -0.25) is 4.90 Å². The van der Waals surface area contributed by atoms with Gasteiger partial charge in [0.15, 0.2) is 0 Å². The normalized spacial score (nSPS) is 27.8. The van der Waals surface area contributed by atoms with Crippen LogP contribution in [0.4, 0.5) is 0 Å². The van der Waals surface area contributed by atoms with E-state index < -0.39 is 5.60 Å². The van der Waals surface area contributed by atoms with Gasteiger partial charge >= 0.3 is 0 Å². The highest BCUT2D eigenvalue weighted by Crippen LogP contribution is 2.29. The zero-order valence-corrected chi connectivity index (χ0v) is 11.4. The summed E-state index contributed by atoms with van der Waals surface area (Å²) in [7, 11) is 0. The molecular formula is C14H28N2O2. The first-order valence-corrected chi connectivity index (χ1v) is 7.51. The predicted molar refractivity (Wildman–Crippen MR) is 72.6 cm³/mol. The zero-order chi connectivity index (χ0) is 12.8. The van der Waals surface area contributed by atoms with Crippen LogP contribution < -0.4 is 5.32 Å². The lowest BCUT2D eigenvalue weighted by Crippen LogP contribution is -2.48. The number of rotatable bonds is 6. The van der Waals surface area contributed by atoms with Gasteiger partial charge in [-0.05, 0) is 32.2 Å². The number of nitrogens with zero attached hydrogens (tertiary/aromatic N) is 1. The van der Waals surface area contributed by atoms with Gasteiger partial charge in [-0.15, -0.1) is 0 Å². The largest absolute Gasteiger partial charge is 0.395 e. The maximum absolute atomic E-state index is 10.6. The van der Waals surface area contributed by atoms with E-state index in [1.54, 1.807) is 0 Å². The van der Waals surface area contributed by atoms with Crippen molar-refractivity contribution in [2.75, 3.05) is 32.8 Å². The summed E-state index contributed by atoms with van der Waals surface area (Å²) in [5.74, 6) is 0. The molecule has 1 heterocycles. The minimum atomic E-state index is -0.508. The third-order valence-corrected chi connectivity index (χ3v) is 4.36. The molecule has 2 rings (SSSR count). The Morgan fingerprint density at radius 2 is 1.94 bits per heavy atom. The van der Waals surface area contributed by atoms with Crippen molar-refractivity contribution in [2.45, 2.75) is 56.6 Å². The van der Waals surface area contributed by atoms with Crippen LogP contribution in [0.15, 0.2) is 0 Å². The fraction of sp³-hybridized carbons (Fsp3) is 1.00. The van der Waals surface area contributed by atoms with Gasteiger partial charge in [0.1, 0.15) is 0 Å². The summed E-state index contributed by atoms with van der Waals surface area (Å²) in [6, 6.07) is 0.545. The van der Waals surface area contributed by atoms with Crippen molar-refractivity contribution in [3.8, 4) is 0 Å². The lowest BCUT2D eigenvalue weighted by Gasteiger charge is -2.37. The molecule has 4 nitrogen and oxygen atoms in total. The molecule has 0 aromatic rings. The topological polar surface area (TPSA) is 55.7 Å². The van der Waals surface area contributed by atoms with Crippen LogP contribution in [0.3, 0.4) is 0 Å². The number of hydrogen-bond donors (Lipinski definition) is 3. The maximum atomic E-state index is 10.6. The fourth-order valence-electron chi connectivity index (χ4n) is 3.38. The van der Waals surface area contributed by atoms with Gasteiger partial charge in [0.2, 0.25) is 0 Å². The highest BCUT2D eigenvalue weighted by Gasteiger charge is 2.32. The van der Waals surface area contributed by atoms with Gasteiger partial charge in [0.25, 0.3) is 0 Å². The molecule has 0 bridgehead atoms. The van der Waals surface area contributed by atoms with Crippen LogP contribution >= 0.6 is 0 Å². The molecule has 4 heteroatoms. The quantitative estimate of drug-likeness (QED) is 0.656. The highest BCUT2D eigenvalue weighted by molar-refractivity contribution is 4.87. The van der Waals surface area contributed by atoms with Gasteiger partial charge < -0.3 is 15.5 Å². The second-order valence-electron chi connectivity index (χ2n) is 6.04. The third kappa shape index (κ3) is 4.19. The summed E-state index contributed by atoms with van der Waals surface area (Å²) in [6.45, 7) is 3.67. The lowest BCUT2D eigenvalue weighted by atomic mass is 9.84. The van der Waals surface area contributed by atoms with Crippen molar-refractivity contribution >= 4 is 0 Å². The number of aliphatic hydroxyl groups excluding tert-OH is 1. The Labute approximate surface area is 110 Å². The molecule has 1 aliphatic carbocycles. The molecular weight excluding hydrogens is 228 g/mol. The molecule has 2 aliphatic rings. The number of aliphatic hydroxyl groups is 2. The molecule has 1 saturated heterocycles. The maximum Gasteiger partial charge on any atom is 0.0774 e. The molecule has 18 heavy (non-hydrogen) atoms. The van der Waals surface area contributed by atoms with Crippen molar-refractivity contribution in [1.29, 1.82) is 0 Å². The van der Waals surface area contributed by atoms with E-state index in [1.807, 2.05) is 0 Å². The fourth-order valence-corrected chi connectivity index (χ4v) is 3.38. The van der Waals surface area contributed by atoms with E-state index >= 15 is 0 Å². The lowest BCUT2D eigenvalue weighted by molar-refractivity contribution is -0.0301. The second kappa shape index (κ2) is 6.85. The molecule has 1 unspecified atom stereocenters. The molecule has 2 fully saturated rings. The summed E-state index contributed by atoms with van der Waals surface area (Å²) >= 11 is 0. The van der Waals surface area contributed by atoms with Crippen LogP contribution in [-0.4, -0.2) is 59.5 Å². The predicted octanol–water partition coefficient (Wildman–Crippen LogP) is 0.728. The first kappa shape index (κ1) is 14.3. The van der Waals surface area contributed by atoms with Gasteiger partial charge in [0, 0.05) is 25.7 Å². The molecule has 3 N–H and O–H groups in total. The Morgan fingerprint density at radius 3 is 2.56 bits per heavy atom. The van der Waals surface area contributed by atoms with Crippen molar-refractivity contribution in [2.24, 2.45) is 0 Å². The van der Waals surface area contributed by atoms with Gasteiger partial charge in [-0.2, -0.15) is 0 Å². The number of nitrogens with one attached hydrogen (secondary N) is 1. The Hall–Kier alpha value is -0.160. The molecule has 106 valence electrons. The molecule has 1 atom stereocenters. The highest BCUT2D eigenvalue weighted by atomic mass is 16.3. The monoisotopic (exact) mass is 256 g/mol. The Kier molecular flexibility index (Phi) is 5.42. The standard InChI is InChI=1S/C14H28N2O2/c17-10-9-16(11-13-5-4-8-15-13)12-14(18)6-2-1-3-7-14/h13,15,17-18H,1-12H2. The van der Waals surface area contributed by atoms with E-state index in [2.05, 4.69) is 10.2 Å². The Balaban J connectivity index is 1.83. The Morgan fingerprint density at radius 1 is 1.17 bits per heavy atom. The van der Waals surface area contributed by atoms with Crippen LogP contribution in [0.1, 0.15) is 44.9 Å². The molecule has 1 aliphatic heterocycles. The van der Waals surface area contributed by atoms with Crippen molar-refractivity contribution in [3.63, 3.8) is 0 Å². The average Bonchev–Trinajstić information content (AvgIpc) is 2.82. The van der Waals surface area contributed by atoms with Gasteiger partial charge in [0.05, 0.1) is 12.2 Å². The molecule has 0 aromatic carbocycles. The first-order valence-electron chi connectivity index (χ1n) is 7.51. The Bertz CT molecular complexity index is 236. The first-order chi connectivity index (χ1) is 8.72. The minimum Gasteiger partial charge on any atom is -0.395 e. The minimum absolute atomic E-state index is 0.183. The van der Waals surface area contributed by atoms with Gasteiger partial charge in [-0.25, -0.2) is 0 Å². The summed E-state index contributed by atoms with van der Waals surface area (Å²) < 4.78 is 0. The smallest absolute Gasteiger partial charge is 0.0774 e. The van der Waals surface area contributed by atoms with Crippen LogP contribution in [0, 0.1) is 0 Å². The van der Waals surface area contributed by atoms with E-state index in [4.69, 9.17) is 0 Å². The third-order valence-electron chi connectivity index (χ3n) is 4.36. The molecule has 0 radical (unpaired) electrons. The van der Waals surface area contributed by atoms with Crippen LogP contribution in [0.5, 0.6) is 0 Å². The van der Waals surface area contributed by atoms with Crippen molar-refractivity contribution in [1.82, 2.24) is 10.2 Å². The summed E-state index contributed by atoms with van der Waals surface area (Å²) in [6.07, 6.45) is 7.87. The van der Waals surface area contributed by atoms with Crippen molar-refractivity contribution < 1.29 is 10.2 Å².